The Labute approximate surface area is 763 Å². The van der Waals surface area contributed by atoms with E-state index in [-0.39, 0.29) is 61.7 Å². The van der Waals surface area contributed by atoms with Gasteiger partial charge in [-0.2, -0.15) is 0 Å². The summed E-state index contributed by atoms with van der Waals surface area (Å²) in [7, 11) is 3.88. The van der Waals surface area contributed by atoms with Crippen LogP contribution in [0.1, 0.15) is 224 Å². The molecule has 6 aliphatic carbocycles. The fourth-order valence-corrected chi connectivity index (χ4v) is 26.0. The summed E-state index contributed by atoms with van der Waals surface area (Å²) in [5.41, 5.74) is -7.89. The molecule has 29 atom stereocenters. The maximum Gasteiger partial charge on any atom is 0.335 e. The second-order valence-corrected chi connectivity index (χ2v) is 40.8. The molecular weight excluding hydrogens is 1700 g/mol. The summed E-state index contributed by atoms with van der Waals surface area (Å²) in [5, 5.41) is 11.0. The zero-order valence-corrected chi connectivity index (χ0v) is 79.3. The predicted molar refractivity (Wildman–Crippen MR) is 463 cm³/mol. The van der Waals surface area contributed by atoms with E-state index in [0.29, 0.717) is 42.4 Å². The first kappa shape index (κ1) is 98.3. The van der Waals surface area contributed by atoms with Crippen LogP contribution < -0.4 is 0 Å². The van der Waals surface area contributed by atoms with Crippen molar-refractivity contribution in [3.05, 3.63) is 145 Å². The number of carbonyl (C=O) groups excluding carboxylic acids is 12. The summed E-state index contributed by atoms with van der Waals surface area (Å²) in [6.07, 6.45) is 12.4. The van der Waals surface area contributed by atoms with E-state index in [1.165, 1.54) is 60.3 Å². The molecular formula is C100H128O31. The summed E-state index contributed by atoms with van der Waals surface area (Å²) in [6, 6.07) is 5.62. The molecule has 31 nitrogen and oxygen atoms in total. The van der Waals surface area contributed by atoms with Crippen molar-refractivity contribution in [2.45, 2.75) is 302 Å². The number of aliphatic hydroxyl groups excluding tert-OH is 1. The van der Waals surface area contributed by atoms with Crippen LogP contribution in [0.2, 0.25) is 0 Å². The molecule has 3 aromatic heterocycles. The molecule has 3 spiro atoms. The van der Waals surface area contributed by atoms with E-state index in [2.05, 4.69) is 19.7 Å². The Morgan fingerprint density at radius 1 is 0.427 bits per heavy atom. The number of hydrogen-bond acceptors (Lipinski definition) is 31. The number of cyclic esters (lactones) is 3. The molecule has 15 rings (SSSR count). The second kappa shape index (κ2) is 35.0. The van der Waals surface area contributed by atoms with Crippen LogP contribution in [0.4, 0.5) is 0 Å². The van der Waals surface area contributed by atoms with Gasteiger partial charge in [-0.3, -0.25) is 38.4 Å². The maximum absolute atomic E-state index is 13.7. The second-order valence-electron chi connectivity index (χ2n) is 40.8. The minimum absolute atomic E-state index is 0.0974. The van der Waals surface area contributed by atoms with Crippen LogP contribution >= 0.6 is 0 Å². The molecule has 714 valence electrons. The number of furan rings is 3. The first-order chi connectivity index (χ1) is 61.2. The SMILES string of the molecule is C=C1[C@@H]([C@@]2(C)C=CC(=O)OC(C)(C)[C@@H]2CC(=O)OC)[C@@H](OC(C)=O)[C@H](OC(=O)C(C)C)[C@@]2(C)[C@H](c3ccoc3)C[C@H]3O[C@]132.C=C1[C@@H]([C@@]2(C)C=CC(=O)OC(C)(C)[C@@H]2CC(=O)OC)[C@@H](OC(C)=O)[C@H](OC(=O)C(O)C(C)CC)[C@@]2(C)[C@H](c3ccoc3)C[C@H]3O[C@]132.C=C1[C@@H]([C@@]2(C)C=CC(=O)OC(C)(C)[C@@H]2CC(=O)OC)[C@@H](OC(C)=O)[C@H](OC(=O)CC)[C@@]2(C)[C@H](c3ccoc3)C[C@H]3O[C@]132. The predicted octanol–water partition coefficient (Wildman–Crippen LogP) is 13.5. The number of esters is 12. The van der Waals surface area contributed by atoms with Crippen LogP contribution in [0.5, 0.6) is 0 Å². The van der Waals surface area contributed by atoms with Crippen molar-refractivity contribution in [3.63, 3.8) is 0 Å². The number of methoxy groups -OCH3 is 3. The summed E-state index contributed by atoms with van der Waals surface area (Å²) >= 11 is 0. The van der Waals surface area contributed by atoms with E-state index in [1.54, 1.807) is 125 Å². The van der Waals surface area contributed by atoms with Crippen LogP contribution in [0.25, 0.3) is 0 Å². The molecule has 6 aliphatic heterocycles. The highest BCUT2D eigenvalue weighted by Crippen LogP contribution is 2.80. The Balaban J connectivity index is 0.000000167. The Bertz CT molecular complexity index is 5100. The largest absolute Gasteiger partial charge is 0.472 e. The first-order valence-corrected chi connectivity index (χ1v) is 45.1. The van der Waals surface area contributed by atoms with Crippen LogP contribution in [0.15, 0.2) is 142 Å². The topological polar surface area (TPSA) is 413 Å². The van der Waals surface area contributed by atoms with Gasteiger partial charge in [-0.05, 0) is 118 Å². The molecule has 131 heavy (non-hydrogen) atoms. The molecule has 31 heteroatoms. The van der Waals surface area contributed by atoms with Gasteiger partial charge in [0, 0.05) is 115 Å². The van der Waals surface area contributed by atoms with E-state index in [9.17, 15) is 62.6 Å². The Kier molecular flexibility index (Phi) is 26.2. The Hall–Kier alpha value is -10.2. The lowest BCUT2D eigenvalue weighted by atomic mass is 9.48. The fraction of sp³-hybridized carbons (Fsp3) is 0.640. The number of rotatable bonds is 23. The van der Waals surface area contributed by atoms with Crippen molar-refractivity contribution in [1.29, 1.82) is 0 Å². The third-order valence-corrected chi connectivity index (χ3v) is 32.4. The van der Waals surface area contributed by atoms with E-state index in [0.717, 1.165) is 16.7 Å². The number of epoxide rings is 3. The number of carbonyl (C=O) groups is 12. The molecule has 12 aliphatic rings. The third-order valence-electron chi connectivity index (χ3n) is 32.4. The number of allylic oxidation sites excluding steroid dienone is 3. The fourth-order valence-electron chi connectivity index (χ4n) is 26.0. The van der Waals surface area contributed by atoms with Gasteiger partial charge < -0.3 is 89.4 Å². The maximum atomic E-state index is 13.7. The zero-order chi connectivity index (χ0) is 96.5. The summed E-state index contributed by atoms with van der Waals surface area (Å²) < 4.78 is 106. The van der Waals surface area contributed by atoms with Crippen molar-refractivity contribution in [3.8, 4) is 0 Å². The quantitative estimate of drug-likeness (QED) is 0.0399. The highest BCUT2D eigenvalue weighted by atomic mass is 16.7. The van der Waals surface area contributed by atoms with Gasteiger partial charge in [0.25, 0.3) is 0 Å². The van der Waals surface area contributed by atoms with Crippen molar-refractivity contribution >= 4 is 71.6 Å². The van der Waals surface area contributed by atoms with Crippen molar-refractivity contribution in [2.75, 3.05) is 21.3 Å². The van der Waals surface area contributed by atoms with E-state index < -0.39 is 228 Å². The van der Waals surface area contributed by atoms with Gasteiger partial charge in [0.2, 0.25) is 0 Å². The van der Waals surface area contributed by atoms with Crippen LogP contribution in [0.3, 0.4) is 0 Å². The number of ether oxygens (including phenoxy) is 15. The van der Waals surface area contributed by atoms with Crippen LogP contribution in [-0.4, -0.2) is 193 Å². The molecule has 0 aromatic carbocycles. The average Bonchev–Trinajstić information content (AvgIpc) is 1.48. The molecule has 1 N–H and O–H groups in total. The lowest BCUT2D eigenvalue weighted by Gasteiger charge is -2.58. The van der Waals surface area contributed by atoms with Gasteiger partial charge in [-0.1, -0.05) is 121 Å². The van der Waals surface area contributed by atoms with Gasteiger partial charge >= 0.3 is 71.6 Å². The van der Waals surface area contributed by atoms with Gasteiger partial charge in [0.05, 0.1) is 119 Å². The third kappa shape index (κ3) is 15.8. The van der Waals surface area contributed by atoms with E-state index in [1.807, 2.05) is 66.7 Å². The number of aliphatic hydroxyl groups is 1. The molecule has 3 saturated heterocycles. The first-order valence-electron chi connectivity index (χ1n) is 45.1. The average molecular weight is 1830 g/mol. The highest BCUT2D eigenvalue weighted by Gasteiger charge is 2.88. The molecule has 9 heterocycles. The summed E-state index contributed by atoms with van der Waals surface area (Å²) in [4.78, 5) is 156. The lowest BCUT2D eigenvalue weighted by Crippen LogP contribution is -2.66. The summed E-state index contributed by atoms with van der Waals surface area (Å²) in [5.74, 6) is -12.6. The highest BCUT2D eigenvalue weighted by molar-refractivity contribution is 5.85. The molecule has 6 saturated carbocycles. The standard InChI is InChI=1S/C35H46O11.C33H42O10.C32H40O10/c1-10-18(2)28(39)31(40)44-30-29(43-20(4)36)27(33(7)13-11-25(37)46-32(5,6)23(33)16-26(38)41-9)19(3)35-24(45-35)15-22(34(30,35)8)21-12-14-42-17-21;1-17(2)29(37)41-28-27(40-19(4)34)26(31(7)12-10-24(35)43-30(5,6)22(31)15-25(36)38-9)18(3)33-23(42-33)14-21(32(28,33)8)20-11-13-39-16-20;1-9-23(34)40-28-27(39-18(3)33)26(30(6)12-10-24(35)42-29(4,5)21(30)15-25(36)37-8)17(2)32-22(41-32)14-20(31(28,32)7)19-11-13-38-16-19/h11-14,17-18,22-24,27-30,39H,3,10,15-16H2,1-2,4-9H3;10-13,16-17,21-23,26-28H,3,14-15H2,1-2,4-9H3;10-13,16,20-22,26-28H,2,9,14-15H2,1,3-8H3/t18?,22-,23-,24+,27+,28?,29+,30-,33-,34+,35+;21-,22-,23+,26+,27+,28-,31-,32+,33+;20-,21-,22+,26+,27+,28-,30-,31+,32+/m000/s1. The van der Waals surface area contributed by atoms with Crippen molar-refractivity contribution in [1.82, 2.24) is 0 Å². The molecule has 0 radical (unpaired) electrons. The summed E-state index contributed by atoms with van der Waals surface area (Å²) in [6.45, 7) is 48.5. The van der Waals surface area contributed by atoms with Crippen molar-refractivity contribution < 1.29 is 147 Å². The molecule has 3 aromatic rings. The minimum atomic E-state index is -1.43. The Morgan fingerprint density at radius 2 is 0.710 bits per heavy atom. The smallest absolute Gasteiger partial charge is 0.335 e. The Morgan fingerprint density at radius 3 is 0.954 bits per heavy atom. The molecule has 0 amide bonds. The molecule has 9 fully saturated rings. The monoisotopic (exact) mass is 1820 g/mol. The van der Waals surface area contributed by atoms with E-state index >= 15 is 0 Å². The lowest BCUT2D eigenvalue weighted by molar-refractivity contribution is -0.215. The van der Waals surface area contributed by atoms with Crippen molar-refractivity contribution in [2.24, 2.45) is 79.8 Å². The molecule has 0 bridgehead atoms. The van der Waals surface area contributed by atoms with Crippen LogP contribution in [-0.2, 0) is 129 Å². The molecule has 2 unspecified atom stereocenters. The zero-order valence-electron chi connectivity index (χ0n) is 79.3. The van der Waals surface area contributed by atoms with Gasteiger partial charge in [0.1, 0.15) is 70.2 Å². The van der Waals surface area contributed by atoms with Gasteiger partial charge in [-0.25, -0.2) is 19.2 Å². The van der Waals surface area contributed by atoms with Gasteiger partial charge in [0.15, 0.2) is 6.10 Å². The number of hydrogen-bond donors (Lipinski definition) is 1. The normalized spacial score (nSPS) is 39.3. The van der Waals surface area contributed by atoms with Crippen LogP contribution in [0, 0.1) is 79.8 Å². The van der Waals surface area contributed by atoms with Gasteiger partial charge in [-0.15, -0.1) is 0 Å². The van der Waals surface area contributed by atoms with E-state index in [4.69, 9.17) is 84.3 Å². The minimum Gasteiger partial charge on any atom is -0.472 e.